The van der Waals surface area contributed by atoms with Gasteiger partial charge in [-0.25, -0.2) is 4.98 Å². The van der Waals surface area contributed by atoms with Gasteiger partial charge >= 0.3 is 0 Å². The standard InChI is InChI=1S/C8H4BrClN2.C8H5BrN2O/c9-5-3-7-6(11-4-5)1-2-8(10)12-7;9-5-3-7-6(10-4-5)1-2-8(12)11-7/h1-4H;1-4H,(H,11,12). The third-order valence-electron chi connectivity index (χ3n) is 3.01. The number of fused-ring (bicyclic) bond motifs is 2. The second-order valence-electron chi connectivity index (χ2n) is 4.73. The molecule has 4 rings (SSSR count). The van der Waals surface area contributed by atoms with Gasteiger partial charge in [-0.05, 0) is 62.2 Å². The number of H-pyrrole nitrogens is 1. The van der Waals surface area contributed by atoms with Crippen molar-refractivity contribution in [3.8, 4) is 0 Å². The first kappa shape index (κ1) is 17.0. The van der Waals surface area contributed by atoms with E-state index in [1.54, 1.807) is 24.5 Å². The van der Waals surface area contributed by atoms with Gasteiger partial charge in [-0.3, -0.25) is 14.8 Å². The predicted molar refractivity (Wildman–Crippen MR) is 102 cm³/mol. The van der Waals surface area contributed by atoms with E-state index in [1.165, 1.54) is 6.07 Å². The Morgan fingerprint density at radius 1 is 0.875 bits per heavy atom. The molecule has 0 aliphatic carbocycles. The van der Waals surface area contributed by atoms with Crippen LogP contribution in [0.3, 0.4) is 0 Å². The molecule has 0 spiro atoms. The Bertz CT molecular complexity index is 1050. The van der Waals surface area contributed by atoms with Crippen molar-refractivity contribution in [3.63, 3.8) is 0 Å². The van der Waals surface area contributed by atoms with Crippen molar-refractivity contribution in [2.75, 3.05) is 0 Å². The lowest BCUT2D eigenvalue weighted by atomic mass is 10.3. The summed E-state index contributed by atoms with van der Waals surface area (Å²) < 4.78 is 1.77. The van der Waals surface area contributed by atoms with Crippen molar-refractivity contribution in [3.05, 3.63) is 73.2 Å². The van der Waals surface area contributed by atoms with Gasteiger partial charge in [-0.1, -0.05) is 11.6 Å². The van der Waals surface area contributed by atoms with Crippen LogP contribution in [-0.4, -0.2) is 19.9 Å². The van der Waals surface area contributed by atoms with Gasteiger partial charge in [-0.15, -0.1) is 0 Å². The Balaban J connectivity index is 0.000000141. The van der Waals surface area contributed by atoms with Gasteiger partial charge in [-0.2, -0.15) is 0 Å². The molecule has 0 aliphatic heterocycles. The summed E-state index contributed by atoms with van der Waals surface area (Å²) in [5.41, 5.74) is 3.08. The highest BCUT2D eigenvalue weighted by Crippen LogP contribution is 2.17. The molecule has 0 radical (unpaired) electrons. The average Bonchev–Trinajstić information content (AvgIpc) is 2.54. The molecule has 4 heterocycles. The zero-order valence-corrected chi connectivity index (χ0v) is 15.9. The molecule has 0 unspecified atom stereocenters. The first-order valence-electron chi connectivity index (χ1n) is 6.74. The van der Waals surface area contributed by atoms with Crippen LogP contribution in [0.4, 0.5) is 0 Å². The number of rotatable bonds is 0. The molecule has 4 aromatic heterocycles. The fraction of sp³-hybridized carbons (Fsp3) is 0. The van der Waals surface area contributed by atoms with Crippen LogP contribution in [-0.2, 0) is 0 Å². The minimum absolute atomic E-state index is 0.109. The summed E-state index contributed by atoms with van der Waals surface area (Å²) in [6, 6.07) is 10.4. The number of aromatic nitrogens is 4. The second kappa shape index (κ2) is 7.38. The zero-order valence-electron chi connectivity index (χ0n) is 12.0. The molecule has 0 saturated carbocycles. The summed E-state index contributed by atoms with van der Waals surface area (Å²) in [6.07, 6.45) is 3.43. The van der Waals surface area contributed by atoms with Crippen molar-refractivity contribution in [2.45, 2.75) is 0 Å². The van der Waals surface area contributed by atoms with Crippen molar-refractivity contribution >= 4 is 65.5 Å². The zero-order chi connectivity index (χ0) is 17.1. The third-order valence-corrected chi connectivity index (χ3v) is 4.08. The number of aromatic amines is 1. The lowest BCUT2D eigenvalue weighted by Gasteiger charge is -1.96. The molecule has 0 aromatic carbocycles. The van der Waals surface area contributed by atoms with Gasteiger partial charge in [0.2, 0.25) is 5.56 Å². The van der Waals surface area contributed by atoms with E-state index >= 15 is 0 Å². The van der Waals surface area contributed by atoms with Gasteiger partial charge in [0.25, 0.3) is 0 Å². The Hall–Kier alpha value is -1.83. The van der Waals surface area contributed by atoms with E-state index in [1.807, 2.05) is 18.2 Å². The highest BCUT2D eigenvalue weighted by Gasteiger charge is 1.97. The molecular formula is C16H9Br2ClN4O. The normalized spacial score (nSPS) is 10.5. The van der Waals surface area contributed by atoms with Crippen LogP contribution in [0.15, 0.2) is 62.5 Å². The Kier molecular flexibility index (Phi) is 5.23. The van der Waals surface area contributed by atoms with Crippen molar-refractivity contribution in [2.24, 2.45) is 0 Å². The van der Waals surface area contributed by atoms with Gasteiger partial charge in [0.05, 0.1) is 22.1 Å². The number of hydrogen-bond donors (Lipinski definition) is 1. The van der Waals surface area contributed by atoms with Gasteiger partial charge in [0.15, 0.2) is 0 Å². The van der Waals surface area contributed by atoms with Crippen molar-refractivity contribution in [1.29, 1.82) is 0 Å². The second-order valence-corrected chi connectivity index (χ2v) is 6.95. The summed E-state index contributed by atoms with van der Waals surface area (Å²) in [4.78, 5) is 25.9. The lowest BCUT2D eigenvalue weighted by Crippen LogP contribution is -2.02. The van der Waals surface area contributed by atoms with Crippen molar-refractivity contribution < 1.29 is 0 Å². The maximum Gasteiger partial charge on any atom is 0.248 e. The molecule has 4 aromatic rings. The summed E-state index contributed by atoms with van der Waals surface area (Å²) in [7, 11) is 0. The largest absolute Gasteiger partial charge is 0.321 e. The van der Waals surface area contributed by atoms with Crippen LogP contribution in [0.25, 0.3) is 22.1 Å². The SMILES string of the molecule is Clc1ccc2ncc(Br)cc2n1.O=c1ccc2ncc(Br)cc2[nH]1. The van der Waals surface area contributed by atoms with Gasteiger partial charge in [0.1, 0.15) is 5.15 Å². The lowest BCUT2D eigenvalue weighted by molar-refractivity contribution is 1.27. The molecule has 0 bridgehead atoms. The molecule has 0 atom stereocenters. The van der Waals surface area contributed by atoms with E-state index in [4.69, 9.17) is 11.6 Å². The molecule has 24 heavy (non-hydrogen) atoms. The van der Waals surface area contributed by atoms with Crippen LogP contribution in [0.2, 0.25) is 5.15 Å². The van der Waals surface area contributed by atoms with Crippen LogP contribution < -0.4 is 5.56 Å². The molecule has 0 saturated heterocycles. The topological polar surface area (TPSA) is 71.5 Å². The molecule has 0 fully saturated rings. The first-order chi connectivity index (χ1) is 11.5. The van der Waals surface area contributed by atoms with E-state index in [2.05, 4.69) is 51.8 Å². The number of nitrogens with zero attached hydrogens (tertiary/aromatic N) is 3. The number of nitrogens with one attached hydrogen (secondary N) is 1. The molecule has 0 amide bonds. The van der Waals surface area contributed by atoms with E-state index in [-0.39, 0.29) is 5.56 Å². The Morgan fingerprint density at radius 3 is 2.33 bits per heavy atom. The summed E-state index contributed by atoms with van der Waals surface area (Å²) in [6.45, 7) is 0. The minimum atomic E-state index is -0.109. The number of hydrogen-bond acceptors (Lipinski definition) is 4. The summed E-state index contributed by atoms with van der Waals surface area (Å²) in [5, 5.41) is 0.488. The summed E-state index contributed by atoms with van der Waals surface area (Å²) in [5.74, 6) is 0. The number of pyridine rings is 4. The highest BCUT2D eigenvalue weighted by molar-refractivity contribution is 9.10. The maximum atomic E-state index is 10.9. The molecular weight excluding hydrogens is 459 g/mol. The van der Waals surface area contributed by atoms with Crippen LogP contribution in [0.1, 0.15) is 0 Å². The first-order valence-corrected chi connectivity index (χ1v) is 8.70. The quantitative estimate of drug-likeness (QED) is 0.379. The molecule has 0 aliphatic rings. The Morgan fingerprint density at radius 2 is 1.54 bits per heavy atom. The maximum absolute atomic E-state index is 10.9. The fourth-order valence-electron chi connectivity index (χ4n) is 1.97. The fourth-order valence-corrected chi connectivity index (χ4v) is 2.77. The Labute approximate surface area is 158 Å². The van der Waals surface area contributed by atoms with Crippen LogP contribution in [0, 0.1) is 0 Å². The van der Waals surface area contributed by atoms with E-state index in [9.17, 15) is 4.79 Å². The van der Waals surface area contributed by atoms with Crippen molar-refractivity contribution in [1.82, 2.24) is 19.9 Å². The number of halogens is 3. The van der Waals surface area contributed by atoms with Crippen LogP contribution in [0.5, 0.6) is 0 Å². The molecule has 1 N–H and O–H groups in total. The molecule has 5 nitrogen and oxygen atoms in total. The highest BCUT2D eigenvalue weighted by atomic mass is 79.9. The molecule has 8 heteroatoms. The minimum Gasteiger partial charge on any atom is -0.321 e. The van der Waals surface area contributed by atoms with Crippen LogP contribution >= 0.6 is 43.5 Å². The predicted octanol–water partition coefficient (Wildman–Crippen LogP) is 4.73. The van der Waals surface area contributed by atoms with E-state index in [0.29, 0.717) is 5.15 Å². The van der Waals surface area contributed by atoms with Gasteiger partial charge in [0, 0.05) is 27.4 Å². The smallest absolute Gasteiger partial charge is 0.248 e. The third kappa shape index (κ3) is 4.17. The molecule has 120 valence electrons. The monoisotopic (exact) mass is 466 g/mol. The van der Waals surface area contributed by atoms with Gasteiger partial charge < -0.3 is 4.98 Å². The van der Waals surface area contributed by atoms with E-state index in [0.717, 1.165) is 31.0 Å². The summed E-state index contributed by atoms with van der Waals surface area (Å²) >= 11 is 12.3. The van der Waals surface area contributed by atoms with E-state index < -0.39 is 0 Å². The average molecular weight is 469 g/mol.